The molecule has 3 rings (SSSR count). The van der Waals surface area contributed by atoms with Crippen LogP contribution in [0.2, 0.25) is 0 Å². The molecule has 2 aromatic carbocycles. The van der Waals surface area contributed by atoms with E-state index in [0.717, 1.165) is 5.56 Å². The van der Waals surface area contributed by atoms with Crippen molar-refractivity contribution in [1.29, 1.82) is 0 Å². The number of carbonyl (C=O) groups excluding carboxylic acids is 2. The Balaban J connectivity index is 1.78. The predicted octanol–water partition coefficient (Wildman–Crippen LogP) is 3.41. The maximum Gasteiger partial charge on any atom is 0.339 e. The molecule has 0 N–H and O–H groups in total. The van der Waals surface area contributed by atoms with Gasteiger partial charge in [-0.2, -0.15) is 0 Å². The van der Waals surface area contributed by atoms with Crippen molar-refractivity contribution >= 4 is 23.5 Å². The Kier molecular flexibility index (Phi) is 7.25. The average Bonchev–Trinajstić information content (AvgIpc) is 2.75. The van der Waals surface area contributed by atoms with E-state index in [1.165, 1.54) is 0 Å². The highest BCUT2D eigenvalue weighted by Crippen LogP contribution is 2.25. The second kappa shape index (κ2) is 10.1. The van der Waals surface area contributed by atoms with Gasteiger partial charge in [0.2, 0.25) is 0 Å². The number of morpholine rings is 1. The minimum atomic E-state index is -0.560. The van der Waals surface area contributed by atoms with Crippen molar-refractivity contribution in [3.63, 3.8) is 0 Å². The van der Waals surface area contributed by atoms with Crippen LogP contribution < -0.4 is 4.74 Å². The van der Waals surface area contributed by atoms with E-state index < -0.39 is 5.97 Å². The van der Waals surface area contributed by atoms with Crippen LogP contribution in [0.25, 0.3) is 11.6 Å². The molecular weight excluding hydrogens is 382 g/mol. The number of rotatable bonds is 6. The highest BCUT2D eigenvalue weighted by atomic mass is 16.5. The number of hydrogen-bond donors (Lipinski definition) is 0. The molecule has 0 aromatic heterocycles. The normalized spacial score (nSPS) is 19.3. The summed E-state index contributed by atoms with van der Waals surface area (Å²) in [6.07, 6.45) is 1.64. The molecular formula is C24H27NO5. The summed E-state index contributed by atoms with van der Waals surface area (Å²) in [6.45, 7) is 4.51. The number of para-hydroxylation sites is 1. The van der Waals surface area contributed by atoms with Crippen LogP contribution in [0, 0.1) is 0 Å². The largest absolute Gasteiger partial charge is 0.496 e. The van der Waals surface area contributed by atoms with Crippen molar-refractivity contribution in [2.75, 3.05) is 26.8 Å². The van der Waals surface area contributed by atoms with Crippen LogP contribution in [-0.2, 0) is 19.1 Å². The Morgan fingerprint density at radius 3 is 2.33 bits per heavy atom. The van der Waals surface area contributed by atoms with Crippen molar-refractivity contribution in [1.82, 2.24) is 4.90 Å². The molecule has 1 amide bonds. The topological polar surface area (TPSA) is 65.1 Å². The summed E-state index contributed by atoms with van der Waals surface area (Å²) in [5.74, 6) is -0.143. The molecule has 0 spiro atoms. The van der Waals surface area contributed by atoms with E-state index >= 15 is 0 Å². The fourth-order valence-corrected chi connectivity index (χ4v) is 3.50. The molecule has 1 aliphatic rings. The van der Waals surface area contributed by atoms with Crippen molar-refractivity contribution in [3.05, 3.63) is 65.7 Å². The Morgan fingerprint density at radius 1 is 1.03 bits per heavy atom. The lowest BCUT2D eigenvalue weighted by molar-refractivity contribution is -0.154. The van der Waals surface area contributed by atoms with Gasteiger partial charge in [-0.25, -0.2) is 4.79 Å². The van der Waals surface area contributed by atoms with E-state index in [9.17, 15) is 9.59 Å². The van der Waals surface area contributed by atoms with E-state index in [0.29, 0.717) is 30.0 Å². The molecule has 6 heteroatoms. The summed E-state index contributed by atoms with van der Waals surface area (Å²) in [7, 11) is 1.58. The van der Waals surface area contributed by atoms with Gasteiger partial charge >= 0.3 is 5.97 Å². The molecule has 2 aromatic rings. The summed E-state index contributed by atoms with van der Waals surface area (Å²) in [5.41, 5.74) is 1.81. The molecule has 1 fully saturated rings. The molecule has 1 aliphatic heterocycles. The first kappa shape index (κ1) is 21.6. The Labute approximate surface area is 177 Å². The molecule has 0 radical (unpaired) electrons. The predicted molar refractivity (Wildman–Crippen MR) is 115 cm³/mol. The zero-order valence-electron chi connectivity index (χ0n) is 17.5. The minimum absolute atomic E-state index is 0.0428. The van der Waals surface area contributed by atoms with E-state index in [2.05, 4.69) is 0 Å². The minimum Gasteiger partial charge on any atom is -0.496 e. The van der Waals surface area contributed by atoms with Gasteiger partial charge in [-0.15, -0.1) is 0 Å². The molecule has 2 atom stereocenters. The number of methoxy groups -OCH3 is 1. The van der Waals surface area contributed by atoms with Gasteiger partial charge in [-0.1, -0.05) is 48.5 Å². The van der Waals surface area contributed by atoms with Crippen LogP contribution in [0.1, 0.15) is 25.0 Å². The van der Waals surface area contributed by atoms with Gasteiger partial charge in [0.1, 0.15) is 5.75 Å². The number of hydrogen-bond acceptors (Lipinski definition) is 5. The lowest BCUT2D eigenvalue weighted by atomic mass is 10.0. The monoisotopic (exact) mass is 409 g/mol. The van der Waals surface area contributed by atoms with E-state index in [1.54, 1.807) is 18.1 Å². The van der Waals surface area contributed by atoms with Gasteiger partial charge in [-0.05, 0) is 31.6 Å². The average molecular weight is 409 g/mol. The molecule has 0 aliphatic carbocycles. The molecule has 6 nitrogen and oxygen atoms in total. The third kappa shape index (κ3) is 5.48. The van der Waals surface area contributed by atoms with Gasteiger partial charge in [0, 0.05) is 18.7 Å². The van der Waals surface area contributed by atoms with Crippen molar-refractivity contribution in [2.24, 2.45) is 0 Å². The molecule has 1 saturated heterocycles. The van der Waals surface area contributed by atoms with E-state index in [-0.39, 0.29) is 24.7 Å². The van der Waals surface area contributed by atoms with Crippen molar-refractivity contribution in [2.45, 2.75) is 26.1 Å². The zero-order chi connectivity index (χ0) is 21.5. The van der Waals surface area contributed by atoms with Gasteiger partial charge in [0.05, 0.1) is 24.9 Å². The van der Waals surface area contributed by atoms with Crippen LogP contribution in [-0.4, -0.2) is 55.8 Å². The maximum atomic E-state index is 12.9. The quantitative estimate of drug-likeness (QED) is 0.416. The molecule has 30 heavy (non-hydrogen) atoms. The summed E-state index contributed by atoms with van der Waals surface area (Å²) >= 11 is 0. The lowest BCUT2D eigenvalue weighted by Gasteiger charge is -2.35. The van der Waals surface area contributed by atoms with Crippen LogP contribution in [0.5, 0.6) is 5.75 Å². The fraction of sp³-hybridized carbons (Fsp3) is 0.333. The molecule has 1 heterocycles. The lowest BCUT2D eigenvalue weighted by Crippen LogP contribution is -2.49. The van der Waals surface area contributed by atoms with Crippen LogP contribution >= 0.6 is 0 Å². The van der Waals surface area contributed by atoms with Gasteiger partial charge < -0.3 is 19.1 Å². The number of esters is 1. The first-order valence-corrected chi connectivity index (χ1v) is 9.98. The van der Waals surface area contributed by atoms with Gasteiger partial charge in [0.15, 0.2) is 6.61 Å². The summed E-state index contributed by atoms with van der Waals surface area (Å²) in [4.78, 5) is 27.2. The zero-order valence-corrected chi connectivity index (χ0v) is 17.5. The SMILES string of the molecule is COc1ccccc1/C=C(/C(=O)OCC(=O)N1C[C@H](C)O[C@@H](C)C1)c1ccccc1. The Morgan fingerprint density at radius 2 is 1.67 bits per heavy atom. The third-order valence-corrected chi connectivity index (χ3v) is 4.84. The first-order chi connectivity index (χ1) is 14.5. The number of amides is 1. The standard InChI is InChI=1S/C24H27NO5/c1-17-14-25(15-18(2)30-17)23(26)16-29-24(27)21(19-9-5-4-6-10-19)13-20-11-7-8-12-22(20)28-3/h4-13,17-18H,14-16H2,1-3H3/b21-13+/t17-,18-/m0/s1. The molecule has 0 unspecified atom stereocenters. The highest BCUT2D eigenvalue weighted by Gasteiger charge is 2.27. The Bertz CT molecular complexity index is 899. The molecule has 158 valence electrons. The van der Waals surface area contributed by atoms with Gasteiger partial charge in [-0.3, -0.25) is 4.79 Å². The summed E-state index contributed by atoms with van der Waals surface area (Å²) in [6, 6.07) is 16.6. The number of nitrogens with zero attached hydrogens (tertiary/aromatic N) is 1. The van der Waals surface area contributed by atoms with Crippen molar-refractivity contribution < 1.29 is 23.8 Å². The maximum absolute atomic E-state index is 12.9. The number of carbonyl (C=O) groups is 2. The van der Waals surface area contributed by atoms with Crippen LogP contribution in [0.15, 0.2) is 54.6 Å². The number of ether oxygens (including phenoxy) is 3. The Hall–Kier alpha value is -3.12. The molecule has 0 saturated carbocycles. The fourth-order valence-electron chi connectivity index (χ4n) is 3.50. The highest BCUT2D eigenvalue weighted by molar-refractivity contribution is 6.22. The van der Waals surface area contributed by atoms with E-state index in [1.807, 2.05) is 68.4 Å². The summed E-state index contributed by atoms with van der Waals surface area (Å²) in [5, 5.41) is 0. The van der Waals surface area contributed by atoms with Crippen LogP contribution in [0.4, 0.5) is 0 Å². The van der Waals surface area contributed by atoms with Crippen molar-refractivity contribution in [3.8, 4) is 5.75 Å². The van der Waals surface area contributed by atoms with E-state index in [4.69, 9.17) is 14.2 Å². The second-order valence-corrected chi connectivity index (χ2v) is 7.30. The second-order valence-electron chi connectivity index (χ2n) is 7.30. The molecule has 0 bridgehead atoms. The van der Waals surface area contributed by atoms with Gasteiger partial charge in [0.25, 0.3) is 5.91 Å². The van der Waals surface area contributed by atoms with Crippen LogP contribution in [0.3, 0.4) is 0 Å². The third-order valence-electron chi connectivity index (χ3n) is 4.84. The summed E-state index contributed by atoms with van der Waals surface area (Å²) < 4.78 is 16.5. The number of benzene rings is 2. The first-order valence-electron chi connectivity index (χ1n) is 9.98. The smallest absolute Gasteiger partial charge is 0.339 e.